The molecule has 0 aromatic rings. The molecule has 0 radical (unpaired) electrons. The van der Waals surface area contributed by atoms with Gasteiger partial charge in [0.1, 0.15) is 0 Å². The van der Waals surface area contributed by atoms with Crippen LogP contribution in [0.15, 0.2) is 0 Å². The van der Waals surface area contributed by atoms with Crippen LogP contribution in [-0.4, -0.2) is 64.1 Å². The number of hydrogen-bond acceptors (Lipinski definition) is 4. The van der Waals surface area contributed by atoms with Gasteiger partial charge >= 0.3 is 0 Å². The van der Waals surface area contributed by atoms with Crippen molar-refractivity contribution in [1.29, 1.82) is 0 Å². The van der Waals surface area contributed by atoms with Crippen molar-refractivity contribution in [3.63, 3.8) is 0 Å². The van der Waals surface area contributed by atoms with Gasteiger partial charge < -0.3 is 14.8 Å². The van der Waals surface area contributed by atoms with Crippen LogP contribution in [0.4, 0.5) is 0 Å². The quantitative estimate of drug-likeness (QED) is 0.584. The van der Waals surface area contributed by atoms with Gasteiger partial charge in [-0.3, -0.25) is 4.90 Å². The molecule has 1 atom stereocenters. The summed E-state index contributed by atoms with van der Waals surface area (Å²) in [7, 11) is 1.81. The smallest absolute Gasteiger partial charge is 0.0710 e. The largest absolute Gasteiger partial charge is 0.380 e. The van der Waals surface area contributed by atoms with Gasteiger partial charge in [-0.2, -0.15) is 0 Å². The van der Waals surface area contributed by atoms with E-state index in [0.717, 1.165) is 39.4 Å². The first-order valence-electron chi connectivity index (χ1n) is 6.90. The molecule has 102 valence electrons. The zero-order valence-electron chi connectivity index (χ0n) is 11.4. The Morgan fingerprint density at radius 2 is 2.18 bits per heavy atom. The van der Waals surface area contributed by atoms with Crippen molar-refractivity contribution >= 4 is 0 Å². The molecule has 0 saturated carbocycles. The van der Waals surface area contributed by atoms with Crippen molar-refractivity contribution in [2.24, 2.45) is 0 Å². The third kappa shape index (κ3) is 6.99. The number of methoxy groups -OCH3 is 1. The third-order valence-corrected chi connectivity index (χ3v) is 3.23. The average molecular weight is 244 g/mol. The molecule has 1 rings (SSSR count). The summed E-state index contributed by atoms with van der Waals surface area (Å²) in [6.45, 7) is 9.32. The zero-order valence-corrected chi connectivity index (χ0v) is 11.4. The Balaban J connectivity index is 1.81. The lowest BCUT2D eigenvalue weighted by Gasteiger charge is -2.15. The van der Waals surface area contributed by atoms with E-state index < -0.39 is 0 Å². The highest BCUT2D eigenvalue weighted by Gasteiger charge is 2.20. The molecule has 0 amide bonds. The fourth-order valence-corrected chi connectivity index (χ4v) is 2.05. The maximum Gasteiger partial charge on any atom is 0.0710 e. The summed E-state index contributed by atoms with van der Waals surface area (Å²) in [5.41, 5.74) is 0. The Bertz CT molecular complexity index is 179. The summed E-state index contributed by atoms with van der Waals surface area (Å²) in [4.78, 5) is 2.46. The summed E-state index contributed by atoms with van der Waals surface area (Å²) < 4.78 is 10.8. The lowest BCUT2D eigenvalue weighted by Crippen LogP contribution is -2.32. The first-order valence-corrected chi connectivity index (χ1v) is 6.90. The number of nitrogens with zero attached hydrogens (tertiary/aromatic N) is 1. The van der Waals surface area contributed by atoms with E-state index in [4.69, 9.17) is 9.47 Å². The highest BCUT2D eigenvalue weighted by atomic mass is 16.5. The number of unbranched alkanes of at least 4 members (excludes halogenated alkanes) is 1. The van der Waals surface area contributed by atoms with E-state index in [9.17, 15) is 0 Å². The number of likely N-dealkylation sites (tertiary alicyclic amines) is 1. The molecule has 1 aliphatic heterocycles. The number of nitrogens with one attached hydrogen (secondary N) is 1. The molecule has 0 aromatic carbocycles. The summed E-state index contributed by atoms with van der Waals surface area (Å²) in [5, 5.41) is 3.41. The topological polar surface area (TPSA) is 33.7 Å². The SMILES string of the molecule is CCCCOCCNCCN1CCC(OC)C1. The summed E-state index contributed by atoms with van der Waals surface area (Å²) in [6.07, 6.45) is 4.01. The Hall–Kier alpha value is -0.160. The first kappa shape index (κ1) is 14.9. The van der Waals surface area contributed by atoms with Gasteiger partial charge in [0.15, 0.2) is 0 Å². The van der Waals surface area contributed by atoms with Crippen LogP contribution in [0, 0.1) is 0 Å². The van der Waals surface area contributed by atoms with Gasteiger partial charge in [0.05, 0.1) is 12.7 Å². The van der Waals surface area contributed by atoms with Gasteiger partial charge in [0.2, 0.25) is 0 Å². The minimum Gasteiger partial charge on any atom is -0.380 e. The standard InChI is InChI=1S/C13H28N2O2/c1-3-4-10-17-11-7-14-6-9-15-8-5-13(12-15)16-2/h13-14H,3-12H2,1-2H3. The van der Waals surface area contributed by atoms with Crippen LogP contribution < -0.4 is 5.32 Å². The zero-order chi connectivity index (χ0) is 12.3. The molecule has 17 heavy (non-hydrogen) atoms. The van der Waals surface area contributed by atoms with E-state index in [-0.39, 0.29) is 0 Å². The molecule has 1 fully saturated rings. The van der Waals surface area contributed by atoms with Gasteiger partial charge in [-0.25, -0.2) is 0 Å². The van der Waals surface area contributed by atoms with Gasteiger partial charge in [-0.15, -0.1) is 0 Å². The molecule has 0 bridgehead atoms. The van der Waals surface area contributed by atoms with Crippen LogP contribution in [0.5, 0.6) is 0 Å². The molecular formula is C13H28N2O2. The van der Waals surface area contributed by atoms with E-state index in [1.165, 1.54) is 25.8 Å². The molecule has 1 N–H and O–H groups in total. The summed E-state index contributed by atoms with van der Waals surface area (Å²) in [5.74, 6) is 0. The van der Waals surface area contributed by atoms with E-state index in [0.29, 0.717) is 6.10 Å². The number of ether oxygens (including phenoxy) is 2. The van der Waals surface area contributed by atoms with Crippen LogP contribution >= 0.6 is 0 Å². The molecule has 1 aliphatic rings. The van der Waals surface area contributed by atoms with Crippen LogP contribution in [0.25, 0.3) is 0 Å². The van der Waals surface area contributed by atoms with Crippen LogP contribution in [0.1, 0.15) is 26.2 Å². The van der Waals surface area contributed by atoms with E-state index >= 15 is 0 Å². The molecule has 1 heterocycles. The predicted octanol–water partition coefficient (Wildman–Crippen LogP) is 1.11. The average Bonchev–Trinajstić information content (AvgIpc) is 2.80. The van der Waals surface area contributed by atoms with E-state index in [2.05, 4.69) is 17.1 Å². The Morgan fingerprint density at radius 1 is 1.29 bits per heavy atom. The number of hydrogen-bond donors (Lipinski definition) is 1. The van der Waals surface area contributed by atoms with Crippen molar-refractivity contribution in [2.45, 2.75) is 32.3 Å². The Morgan fingerprint density at radius 3 is 2.88 bits per heavy atom. The van der Waals surface area contributed by atoms with Crippen LogP contribution in [0.2, 0.25) is 0 Å². The minimum absolute atomic E-state index is 0.451. The molecule has 0 spiro atoms. The number of rotatable bonds is 10. The molecule has 0 aliphatic carbocycles. The van der Waals surface area contributed by atoms with Crippen molar-refractivity contribution in [3.05, 3.63) is 0 Å². The molecular weight excluding hydrogens is 216 g/mol. The Kier molecular flexibility index (Phi) is 8.61. The lowest BCUT2D eigenvalue weighted by molar-refractivity contribution is 0.108. The second-order valence-corrected chi connectivity index (χ2v) is 4.66. The van der Waals surface area contributed by atoms with Gasteiger partial charge in [0.25, 0.3) is 0 Å². The Labute approximate surface area is 106 Å². The molecule has 1 saturated heterocycles. The predicted molar refractivity (Wildman–Crippen MR) is 70.5 cm³/mol. The molecule has 1 unspecified atom stereocenters. The second kappa shape index (κ2) is 9.83. The minimum atomic E-state index is 0.451. The maximum absolute atomic E-state index is 5.48. The van der Waals surface area contributed by atoms with Crippen molar-refractivity contribution in [3.8, 4) is 0 Å². The molecule has 0 aromatic heterocycles. The fraction of sp³-hybridized carbons (Fsp3) is 1.00. The maximum atomic E-state index is 5.48. The van der Waals surface area contributed by atoms with Crippen molar-refractivity contribution in [2.75, 3.05) is 53.0 Å². The summed E-state index contributed by atoms with van der Waals surface area (Å²) in [6, 6.07) is 0. The summed E-state index contributed by atoms with van der Waals surface area (Å²) >= 11 is 0. The van der Waals surface area contributed by atoms with Gasteiger partial charge in [-0.05, 0) is 12.8 Å². The second-order valence-electron chi connectivity index (χ2n) is 4.66. The fourth-order valence-electron chi connectivity index (χ4n) is 2.05. The molecule has 4 heteroatoms. The van der Waals surface area contributed by atoms with E-state index in [1.807, 2.05) is 0 Å². The van der Waals surface area contributed by atoms with Crippen molar-refractivity contribution < 1.29 is 9.47 Å². The lowest BCUT2D eigenvalue weighted by atomic mass is 10.3. The van der Waals surface area contributed by atoms with Gasteiger partial charge in [0, 0.05) is 46.4 Å². The van der Waals surface area contributed by atoms with E-state index in [1.54, 1.807) is 7.11 Å². The first-order chi connectivity index (χ1) is 8.36. The third-order valence-electron chi connectivity index (χ3n) is 3.23. The molecule has 4 nitrogen and oxygen atoms in total. The normalized spacial score (nSPS) is 21.2. The highest BCUT2D eigenvalue weighted by Crippen LogP contribution is 2.10. The monoisotopic (exact) mass is 244 g/mol. The highest BCUT2D eigenvalue weighted by molar-refractivity contribution is 4.75. The van der Waals surface area contributed by atoms with Crippen LogP contribution in [0.3, 0.4) is 0 Å². The van der Waals surface area contributed by atoms with Crippen molar-refractivity contribution in [1.82, 2.24) is 10.2 Å². The van der Waals surface area contributed by atoms with Crippen LogP contribution in [-0.2, 0) is 9.47 Å². The van der Waals surface area contributed by atoms with Gasteiger partial charge in [-0.1, -0.05) is 13.3 Å².